The number of nitrogens with zero attached hydrogens (tertiary/aromatic N) is 3. The Morgan fingerprint density at radius 1 is 1.38 bits per heavy atom. The van der Waals surface area contributed by atoms with E-state index in [1.54, 1.807) is 35.9 Å². The Bertz CT molecular complexity index is 833. The molecule has 0 aliphatic carbocycles. The lowest BCUT2D eigenvalue weighted by Gasteiger charge is -2.37. The van der Waals surface area contributed by atoms with Crippen molar-refractivity contribution in [2.75, 3.05) is 47.4 Å². The monoisotopic (exact) mass is 491 g/mol. The first-order valence-electron chi connectivity index (χ1n) is 9.45. The van der Waals surface area contributed by atoms with Crippen LogP contribution in [0.25, 0.3) is 0 Å². The first-order valence-corrected chi connectivity index (χ1v) is 11.7. The molecule has 1 heterocycles. The second-order valence-corrected chi connectivity index (χ2v) is 10.6. The predicted molar refractivity (Wildman–Crippen MR) is 114 cm³/mol. The number of sulfonamides is 1. The number of amides is 1. The average molecular weight is 492 g/mol. The highest BCUT2D eigenvalue weighted by Gasteiger charge is 2.38. The summed E-state index contributed by atoms with van der Waals surface area (Å²) in [7, 11) is 1.52. The van der Waals surface area contributed by atoms with Gasteiger partial charge in [-0.3, -0.25) is 4.79 Å². The normalized spacial score (nSPS) is 22.9. The highest BCUT2D eigenvalue weighted by Crippen LogP contribution is 2.35. The van der Waals surface area contributed by atoms with E-state index in [1.165, 1.54) is 10.4 Å². The quantitative estimate of drug-likeness (QED) is 0.643. The van der Waals surface area contributed by atoms with E-state index >= 15 is 0 Å². The molecule has 1 amide bonds. The Morgan fingerprint density at radius 2 is 2.03 bits per heavy atom. The number of ether oxygens (including phenoxy) is 1. The van der Waals surface area contributed by atoms with Crippen molar-refractivity contribution < 1.29 is 23.1 Å². The van der Waals surface area contributed by atoms with E-state index < -0.39 is 22.2 Å². The molecule has 1 N–H and O–H groups in total. The van der Waals surface area contributed by atoms with Crippen molar-refractivity contribution in [2.45, 2.75) is 30.9 Å². The number of hydrogen-bond acceptors (Lipinski definition) is 6. The maximum Gasteiger partial charge on any atom is 0.247 e. The molecule has 1 aliphatic rings. The third-order valence-electron chi connectivity index (χ3n) is 4.96. The van der Waals surface area contributed by atoms with Gasteiger partial charge in [0.15, 0.2) is 0 Å². The molecule has 1 aromatic carbocycles. The molecule has 0 bridgehead atoms. The smallest absolute Gasteiger partial charge is 0.247 e. The van der Waals surface area contributed by atoms with E-state index in [9.17, 15) is 18.3 Å². The highest BCUT2D eigenvalue weighted by molar-refractivity contribution is 9.10. The number of hydrogen-bond donors (Lipinski definition) is 1. The summed E-state index contributed by atoms with van der Waals surface area (Å²) in [5.74, 6) is -0.0180. The van der Waals surface area contributed by atoms with Crippen LogP contribution in [0.15, 0.2) is 27.6 Å². The average Bonchev–Trinajstić information content (AvgIpc) is 2.63. The van der Waals surface area contributed by atoms with Gasteiger partial charge in [0.1, 0.15) is 16.7 Å². The Morgan fingerprint density at radius 3 is 2.62 bits per heavy atom. The molecule has 1 aliphatic heterocycles. The van der Waals surface area contributed by atoms with Crippen LogP contribution in [-0.4, -0.2) is 93.1 Å². The van der Waals surface area contributed by atoms with Gasteiger partial charge in [0, 0.05) is 30.0 Å². The number of carbonyl (C=O) groups is 1. The van der Waals surface area contributed by atoms with Gasteiger partial charge < -0.3 is 19.6 Å². The van der Waals surface area contributed by atoms with Gasteiger partial charge in [-0.25, -0.2) is 8.42 Å². The maximum atomic E-state index is 13.2. The van der Waals surface area contributed by atoms with Crippen LogP contribution in [0, 0.1) is 5.92 Å². The highest BCUT2D eigenvalue weighted by atomic mass is 79.9. The van der Waals surface area contributed by atoms with E-state index in [2.05, 4.69) is 15.9 Å². The van der Waals surface area contributed by atoms with Gasteiger partial charge in [0.2, 0.25) is 15.9 Å². The van der Waals surface area contributed by atoms with Crippen molar-refractivity contribution >= 4 is 31.9 Å². The topological polar surface area (TPSA) is 90.4 Å². The van der Waals surface area contributed by atoms with Crippen LogP contribution in [-0.2, 0) is 14.8 Å². The minimum Gasteiger partial charge on any atom is -0.487 e. The SMILES string of the molecule is C[C@@H]1CN([C@H](C)CO)S(=O)(=O)c2ccc(Br)cc2O[C@@H]1CN(C)C(=O)CN(C)C. The number of aliphatic hydroxyl groups excluding tert-OH is 1. The lowest BCUT2D eigenvalue weighted by Crippen LogP contribution is -2.50. The summed E-state index contributed by atoms with van der Waals surface area (Å²) in [4.78, 5) is 15.8. The van der Waals surface area contributed by atoms with E-state index in [0.29, 0.717) is 11.0 Å². The van der Waals surface area contributed by atoms with Gasteiger partial charge in [-0.15, -0.1) is 0 Å². The zero-order chi connectivity index (χ0) is 21.9. The first kappa shape index (κ1) is 24.1. The van der Waals surface area contributed by atoms with Crippen molar-refractivity contribution in [1.82, 2.24) is 14.1 Å². The molecule has 0 saturated carbocycles. The Hall–Kier alpha value is -1.20. The molecule has 0 saturated heterocycles. The molecule has 0 aromatic heterocycles. The number of likely N-dealkylation sites (N-methyl/N-ethyl adjacent to an activating group) is 2. The van der Waals surface area contributed by atoms with Gasteiger partial charge in [-0.1, -0.05) is 22.9 Å². The molecule has 3 atom stereocenters. The van der Waals surface area contributed by atoms with E-state index in [0.717, 1.165) is 0 Å². The number of rotatable bonds is 6. The molecule has 29 heavy (non-hydrogen) atoms. The van der Waals surface area contributed by atoms with Gasteiger partial charge in [-0.05, 0) is 39.2 Å². The van der Waals surface area contributed by atoms with Crippen LogP contribution in [0.1, 0.15) is 13.8 Å². The Labute approximate surface area is 181 Å². The van der Waals surface area contributed by atoms with Crippen LogP contribution in [0.2, 0.25) is 0 Å². The second-order valence-electron chi connectivity index (χ2n) is 7.84. The number of fused-ring (bicyclic) bond motifs is 1. The van der Waals surface area contributed by atoms with Gasteiger partial charge in [0.05, 0.1) is 19.7 Å². The van der Waals surface area contributed by atoms with E-state index in [4.69, 9.17) is 4.74 Å². The number of benzene rings is 1. The zero-order valence-corrected chi connectivity index (χ0v) is 19.9. The fraction of sp³-hybridized carbons (Fsp3) is 0.632. The summed E-state index contributed by atoms with van der Waals surface area (Å²) in [6.45, 7) is 4.06. The fourth-order valence-corrected chi connectivity index (χ4v) is 5.35. The van der Waals surface area contributed by atoms with Crippen molar-refractivity contribution in [1.29, 1.82) is 0 Å². The van der Waals surface area contributed by atoms with Crippen LogP contribution in [0.3, 0.4) is 0 Å². The van der Waals surface area contributed by atoms with Crippen molar-refractivity contribution in [3.05, 3.63) is 22.7 Å². The number of halogens is 1. The van der Waals surface area contributed by atoms with Crippen molar-refractivity contribution in [2.24, 2.45) is 5.92 Å². The molecule has 0 unspecified atom stereocenters. The Balaban J connectivity index is 2.43. The van der Waals surface area contributed by atoms with Gasteiger partial charge >= 0.3 is 0 Å². The number of aliphatic hydroxyl groups is 1. The lowest BCUT2D eigenvalue weighted by molar-refractivity contribution is -0.132. The lowest BCUT2D eigenvalue weighted by atomic mass is 10.0. The van der Waals surface area contributed by atoms with Crippen molar-refractivity contribution in [3.63, 3.8) is 0 Å². The number of carbonyl (C=O) groups excluding carboxylic acids is 1. The molecule has 8 nitrogen and oxygen atoms in total. The van der Waals surface area contributed by atoms with Crippen LogP contribution in [0.5, 0.6) is 5.75 Å². The second kappa shape index (κ2) is 9.74. The summed E-state index contributed by atoms with van der Waals surface area (Å²) >= 11 is 3.37. The van der Waals surface area contributed by atoms with E-state index in [1.807, 2.05) is 21.0 Å². The maximum absolute atomic E-state index is 13.2. The van der Waals surface area contributed by atoms with Crippen LogP contribution in [0.4, 0.5) is 0 Å². The molecule has 164 valence electrons. The molecule has 2 rings (SSSR count). The van der Waals surface area contributed by atoms with Crippen LogP contribution < -0.4 is 4.74 Å². The van der Waals surface area contributed by atoms with Gasteiger partial charge in [-0.2, -0.15) is 4.31 Å². The molecule has 10 heteroatoms. The molecule has 0 fully saturated rings. The van der Waals surface area contributed by atoms with Gasteiger partial charge in [0.25, 0.3) is 0 Å². The molecule has 1 aromatic rings. The minimum atomic E-state index is -3.85. The largest absolute Gasteiger partial charge is 0.487 e. The standard InChI is InChI=1S/C19H30BrN3O5S/c1-13-9-23(14(2)12-24)29(26,27)18-7-6-15(20)8-16(18)28-17(13)10-22(5)19(25)11-21(3)4/h6-8,13-14,17,24H,9-12H2,1-5H3/t13-,14-,17-/m1/s1. The van der Waals surface area contributed by atoms with Crippen LogP contribution >= 0.6 is 15.9 Å². The first-order chi connectivity index (χ1) is 13.5. The molecular weight excluding hydrogens is 462 g/mol. The minimum absolute atomic E-state index is 0.0458. The summed E-state index contributed by atoms with van der Waals surface area (Å²) in [6, 6.07) is 4.20. The fourth-order valence-electron chi connectivity index (χ4n) is 3.18. The molecular formula is C19H30BrN3O5S. The summed E-state index contributed by atoms with van der Waals surface area (Å²) in [5.41, 5.74) is 0. The van der Waals surface area contributed by atoms with Crippen molar-refractivity contribution in [3.8, 4) is 5.75 Å². The molecule has 0 spiro atoms. The Kier molecular flexibility index (Phi) is 8.08. The summed E-state index contributed by atoms with van der Waals surface area (Å²) in [5, 5.41) is 9.63. The zero-order valence-electron chi connectivity index (χ0n) is 17.5. The third-order valence-corrected chi connectivity index (χ3v) is 7.47. The summed E-state index contributed by atoms with van der Waals surface area (Å²) in [6.07, 6.45) is -0.414. The predicted octanol–water partition coefficient (Wildman–Crippen LogP) is 1.24. The third kappa shape index (κ3) is 5.69. The molecule has 0 radical (unpaired) electrons. The van der Waals surface area contributed by atoms with E-state index in [-0.39, 0.29) is 42.2 Å². The summed E-state index contributed by atoms with van der Waals surface area (Å²) < 4.78 is 34.6.